The largest absolute Gasteiger partial charge is 0.378 e. The number of hydrogen-bond acceptors (Lipinski definition) is 3. The maximum Gasteiger partial charge on any atom is 0.268 e. The molecule has 5 heteroatoms. The number of aromatic nitrogens is 1. The van der Waals surface area contributed by atoms with Gasteiger partial charge in [-0.25, -0.2) is 0 Å². The van der Waals surface area contributed by atoms with Crippen LogP contribution in [0.2, 0.25) is 0 Å². The normalized spacial score (nSPS) is 16.3. The average Bonchev–Trinajstić information content (AvgIpc) is 2.79. The molecule has 0 radical (unpaired) electrons. The summed E-state index contributed by atoms with van der Waals surface area (Å²) in [6.07, 6.45) is 2.76. The van der Waals surface area contributed by atoms with Gasteiger partial charge in [-0.2, -0.15) is 0 Å². The van der Waals surface area contributed by atoms with Crippen molar-refractivity contribution in [2.75, 3.05) is 31.2 Å². The highest BCUT2D eigenvalue weighted by molar-refractivity contribution is 5.96. The smallest absolute Gasteiger partial charge is 0.268 e. The average molecular weight is 319 g/mol. The van der Waals surface area contributed by atoms with Gasteiger partial charge < -0.3 is 19.5 Å². The van der Waals surface area contributed by atoms with Crippen LogP contribution in [0.4, 0.5) is 5.69 Å². The summed E-state index contributed by atoms with van der Waals surface area (Å²) in [6, 6.07) is 0.168. The first-order valence-corrected chi connectivity index (χ1v) is 8.45. The zero-order valence-electron chi connectivity index (χ0n) is 14.8. The van der Waals surface area contributed by atoms with Crippen molar-refractivity contribution in [2.45, 2.75) is 46.7 Å². The van der Waals surface area contributed by atoms with Gasteiger partial charge >= 0.3 is 0 Å². The minimum Gasteiger partial charge on any atom is -0.378 e. The van der Waals surface area contributed by atoms with Crippen LogP contribution in [0.5, 0.6) is 0 Å². The molecule has 1 aromatic rings. The van der Waals surface area contributed by atoms with E-state index in [9.17, 15) is 4.79 Å². The zero-order valence-corrected chi connectivity index (χ0v) is 14.8. The molecule has 5 nitrogen and oxygen atoms in total. The first-order chi connectivity index (χ1) is 11.0. The molecule has 1 amide bonds. The fourth-order valence-electron chi connectivity index (χ4n) is 3.18. The van der Waals surface area contributed by atoms with Crippen LogP contribution in [0.1, 0.15) is 42.0 Å². The number of anilines is 1. The SMILES string of the molecule is C=CCn1c(C)c(N2CCOCC2)c(C)c1C(=O)N[C@H](C)CC. The Balaban J connectivity index is 2.43. The maximum atomic E-state index is 12.8. The maximum absolute atomic E-state index is 12.8. The van der Waals surface area contributed by atoms with Crippen LogP contribution in [-0.2, 0) is 11.3 Å². The Morgan fingerprint density at radius 2 is 2.04 bits per heavy atom. The molecular formula is C18H29N3O2. The summed E-state index contributed by atoms with van der Waals surface area (Å²) in [4.78, 5) is 15.1. The molecule has 128 valence electrons. The first-order valence-electron chi connectivity index (χ1n) is 8.45. The van der Waals surface area contributed by atoms with Crippen molar-refractivity contribution < 1.29 is 9.53 Å². The third kappa shape index (κ3) is 3.61. The lowest BCUT2D eigenvalue weighted by atomic mass is 10.1. The second-order valence-corrected chi connectivity index (χ2v) is 6.19. The van der Waals surface area contributed by atoms with Gasteiger partial charge in [0, 0.05) is 36.9 Å². The van der Waals surface area contributed by atoms with E-state index in [4.69, 9.17) is 4.74 Å². The quantitative estimate of drug-likeness (QED) is 0.820. The van der Waals surface area contributed by atoms with Crippen LogP contribution < -0.4 is 10.2 Å². The van der Waals surface area contributed by atoms with Crippen molar-refractivity contribution in [3.63, 3.8) is 0 Å². The van der Waals surface area contributed by atoms with Gasteiger partial charge in [-0.3, -0.25) is 4.79 Å². The number of morpholine rings is 1. The van der Waals surface area contributed by atoms with E-state index in [1.54, 1.807) is 0 Å². The molecule has 1 aliphatic heterocycles. The minimum absolute atomic E-state index is 0.00121. The van der Waals surface area contributed by atoms with Crippen LogP contribution in [0, 0.1) is 13.8 Å². The van der Waals surface area contributed by atoms with E-state index in [1.165, 1.54) is 5.69 Å². The van der Waals surface area contributed by atoms with Gasteiger partial charge in [-0.1, -0.05) is 13.0 Å². The Hall–Kier alpha value is -1.75. The number of allylic oxidation sites excluding steroid dienone is 1. The molecule has 1 atom stereocenters. The van der Waals surface area contributed by atoms with Crippen molar-refractivity contribution >= 4 is 11.6 Å². The second kappa shape index (κ2) is 7.68. The molecular weight excluding hydrogens is 290 g/mol. The van der Waals surface area contributed by atoms with Gasteiger partial charge in [-0.05, 0) is 27.2 Å². The van der Waals surface area contributed by atoms with E-state index in [-0.39, 0.29) is 11.9 Å². The van der Waals surface area contributed by atoms with E-state index in [0.29, 0.717) is 6.54 Å². The fourth-order valence-corrected chi connectivity index (χ4v) is 3.18. The Morgan fingerprint density at radius 1 is 1.39 bits per heavy atom. The molecule has 1 N–H and O–H groups in total. The van der Waals surface area contributed by atoms with Crippen molar-refractivity contribution in [3.05, 3.63) is 29.6 Å². The summed E-state index contributed by atoms with van der Waals surface area (Å²) in [5.74, 6) is 0.00121. The predicted molar refractivity (Wildman–Crippen MR) is 94.4 cm³/mol. The highest BCUT2D eigenvalue weighted by Gasteiger charge is 2.26. The topological polar surface area (TPSA) is 46.5 Å². The number of carbonyl (C=O) groups excluding carboxylic acids is 1. The summed E-state index contributed by atoms with van der Waals surface area (Å²) in [5, 5.41) is 3.09. The lowest BCUT2D eigenvalue weighted by Crippen LogP contribution is -2.37. The third-order valence-electron chi connectivity index (χ3n) is 4.57. The zero-order chi connectivity index (χ0) is 17.0. The van der Waals surface area contributed by atoms with Crippen LogP contribution >= 0.6 is 0 Å². The van der Waals surface area contributed by atoms with Gasteiger partial charge in [-0.15, -0.1) is 6.58 Å². The van der Waals surface area contributed by atoms with Crippen molar-refractivity contribution in [1.82, 2.24) is 9.88 Å². The van der Waals surface area contributed by atoms with Crippen LogP contribution in [0.15, 0.2) is 12.7 Å². The Kier molecular flexibility index (Phi) is 5.88. The summed E-state index contributed by atoms with van der Waals surface area (Å²) in [7, 11) is 0. The standard InChI is InChI=1S/C18H29N3O2/c1-6-8-21-15(5)16(20-9-11-23-12-10-20)14(4)17(21)18(22)19-13(3)7-2/h6,13H,1,7-12H2,2-5H3,(H,19,22)/t13-/m1/s1. The van der Waals surface area contributed by atoms with Gasteiger partial charge in [0.05, 0.1) is 18.9 Å². The number of rotatable bonds is 6. The van der Waals surface area contributed by atoms with Crippen LogP contribution in [0.3, 0.4) is 0 Å². The van der Waals surface area contributed by atoms with E-state index in [0.717, 1.165) is 49.7 Å². The predicted octanol–water partition coefficient (Wildman–Crippen LogP) is 2.66. The highest BCUT2D eigenvalue weighted by atomic mass is 16.5. The molecule has 0 aliphatic carbocycles. The monoisotopic (exact) mass is 319 g/mol. The molecule has 2 heterocycles. The number of carbonyl (C=O) groups is 1. The van der Waals surface area contributed by atoms with Gasteiger partial charge in [0.2, 0.25) is 0 Å². The summed E-state index contributed by atoms with van der Waals surface area (Å²) in [5.41, 5.74) is 4.10. The van der Waals surface area contributed by atoms with Crippen LogP contribution in [-0.4, -0.2) is 42.8 Å². The molecule has 23 heavy (non-hydrogen) atoms. The highest BCUT2D eigenvalue weighted by Crippen LogP contribution is 2.31. The number of amides is 1. The molecule has 0 aromatic carbocycles. The summed E-state index contributed by atoms with van der Waals surface area (Å²) in [6.45, 7) is 15.9. The van der Waals surface area contributed by atoms with Crippen molar-refractivity contribution in [1.29, 1.82) is 0 Å². The van der Waals surface area contributed by atoms with Crippen LogP contribution in [0.25, 0.3) is 0 Å². The van der Waals surface area contributed by atoms with Gasteiger partial charge in [0.1, 0.15) is 5.69 Å². The molecule has 0 bridgehead atoms. The molecule has 1 saturated heterocycles. The van der Waals surface area contributed by atoms with E-state index >= 15 is 0 Å². The second-order valence-electron chi connectivity index (χ2n) is 6.19. The number of nitrogens with one attached hydrogen (secondary N) is 1. The summed E-state index contributed by atoms with van der Waals surface area (Å²) >= 11 is 0. The van der Waals surface area contributed by atoms with E-state index in [1.807, 2.05) is 19.9 Å². The minimum atomic E-state index is 0.00121. The Bertz CT molecular complexity index is 571. The molecule has 0 spiro atoms. The Labute approximate surface area is 139 Å². The van der Waals surface area contributed by atoms with Crippen molar-refractivity contribution in [2.24, 2.45) is 0 Å². The number of hydrogen-bond donors (Lipinski definition) is 1. The van der Waals surface area contributed by atoms with Gasteiger partial charge in [0.25, 0.3) is 5.91 Å². The fraction of sp³-hybridized carbons (Fsp3) is 0.611. The number of nitrogens with zero attached hydrogens (tertiary/aromatic N) is 2. The van der Waals surface area contributed by atoms with E-state index < -0.39 is 0 Å². The summed E-state index contributed by atoms with van der Waals surface area (Å²) < 4.78 is 7.53. The van der Waals surface area contributed by atoms with Gasteiger partial charge in [0.15, 0.2) is 0 Å². The molecule has 0 unspecified atom stereocenters. The molecule has 1 aromatic heterocycles. The van der Waals surface area contributed by atoms with Crippen molar-refractivity contribution in [3.8, 4) is 0 Å². The number of ether oxygens (including phenoxy) is 1. The lowest BCUT2D eigenvalue weighted by Gasteiger charge is -2.29. The Morgan fingerprint density at radius 3 is 2.61 bits per heavy atom. The molecule has 2 rings (SSSR count). The third-order valence-corrected chi connectivity index (χ3v) is 4.57. The molecule has 1 fully saturated rings. The first kappa shape index (κ1) is 17.6. The molecule has 0 saturated carbocycles. The van der Waals surface area contributed by atoms with E-state index in [2.05, 4.69) is 35.2 Å². The molecule has 1 aliphatic rings. The lowest BCUT2D eigenvalue weighted by molar-refractivity contribution is 0.0929.